The molecule has 186 valence electrons. The largest absolute Gasteiger partial charge is 0.772 e. The molecule has 0 aromatic heterocycles. The summed E-state index contributed by atoms with van der Waals surface area (Å²) < 4.78 is 54.0. The molecule has 0 amide bonds. The highest BCUT2D eigenvalue weighted by atomic mass is 32.2. The smallest absolute Gasteiger partial charge is 0.115 e. The van der Waals surface area contributed by atoms with Crippen LogP contribution in [0, 0.1) is 0 Å². The summed E-state index contributed by atoms with van der Waals surface area (Å²) in [6.45, 7) is 11.2. The van der Waals surface area contributed by atoms with Gasteiger partial charge in [-0.25, -0.2) is 0 Å². The van der Waals surface area contributed by atoms with Crippen LogP contribution in [0.15, 0.2) is 0 Å². The van der Waals surface area contributed by atoms with Crippen LogP contribution in [0.1, 0.15) is 79.1 Å². The summed E-state index contributed by atoms with van der Waals surface area (Å²) in [5.74, 6) is -0.127. The van der Waals surface area contributed by atoms with Crippen molar-refractivity contribution in [3.63, 3.8) is 0 Å². The second kappa shape index (κ2) is 18.3. The van der Waals surface area contributed by atoms with Crippen molar-refractivity contribution >= 4 is 11.1 Å². The van der Waals surface area contributed by atoms with E-state index in [-0.39, 0.29) is 24.1 Å². The Morgan fingerprint density at radius 1 is 0.710 bits per heavy atom. The van der Waals surface area contributed by atoms with Crippen molar-refractivity contribution < 1.29 is 32.4 Å². The van der Waals surface area contributed by atoms with Crippen molar-refractivity contribution in [2.24, 2.45) is 0 Å². The molecule has 1 saturated heterocycles. The van der Waals surface area contributed by atoms with Crippen molar-refractivity contribution in [3.05, 3.63) is 0 Å². The Balaban J connectivity index is 3.06. The molecule has 8 heteroatoms. The minimum absolute atomic E-state index is 0.127. The van der Waals surface area contributed by atoms with Crippen molar-refractivity contribution in [1.82, 2.24) is 0 Å². The zero-order valence-corrected chi connectivity index (χ0v) is 20.9. The lowest BCUT2D eigenvalue weighted by atomic mass is 9.94. The summed E-state index contributed by atoms with van der Waals surface area (Å²) in [6.07, 6.45) is 5.62. The number of rotatable bonds is 19. The van der Waals surface area contributed by atoms with Crippen LogP contribution < -0.4 is 0 Å². The molecule has 0 aliphatic carbocycles. The molecule has 0 bridgehead atoms. The standard InChI is InChI=1S/C23H46O7S/c1-5-9-13-26-17-19-21(27-14-10-6-2)23(29-16-12-8-4)22(28-15-11-7-3)20(30-19)18-31(24)25/h19-23H,5-18H2,1-4H3,(H,24,25)/p-1. The fraction of sp³-hybridized carbons (Fsp3) is 1.00. The van der Waals surface area contributed by atoms with Gasteiger partial charge in [0.05, 0.1) is 12.7 Å². The Morgan fingerprint density at radius 2 is 1.16 bits per heavy atom. The molecule has 1 heterocycles. The van der Waals surface area contributed by atoms with Gasteiger partial charge in [0.25, 0.3) is 0 Å². The second-order valence-corrected chi connectivity index (χ2v) is 9.12. The van der Waals surface area contributed by atoms with Crippen LogP contribution in [0.2, 0.25) is 0 Å². The first kappa shape index (κ1) is 28.9. The van der Waals surface area contributed by atoms with E-state index in [4.69, 9.17) is 23.7 Å². The van der Waals surface area contributed by atoms with E-state index in [1.54, 1.807) is 0 Å². The minimum Gasteiger partial charge on any atom is -0.772 e. The SMILES string of the molecule is CCCCOCC1OC(CS(=O)[O-])C(OCCCC)C(OCCCC)C1OCCCC. The molecule has 0 aromatic rings. The van der Waals surface area contributed by atoms with Gasteiger partial charge < -0.3 is 28.2 Å². The molecule has 6 atom stereocenters. The molecule has 0 N–H and O–H groups in total. The van der Waals surface area contributed by atoms with Gasteiger partial charge in [0.2, 0.25) is 0 Å². The predicted octanol–water partition coefficient (Wildman–Crippen LogP) is 4.01. The summed E-state index contributed by atoms with van der Waals surface area (Å²) in [7, 11) is 0. The highest BCUT2D eigenvalue weighted by molar-refractivity contribution is 7.79. The zero-order chi connectivity index (χ0) is 22.9. The highest BCUT2D eigenvalue weighted by Crippen LogP contribution is 2.30. The van der Waals surface area contributed by atoms with Gasteiger partial charge in [-0.2, -0.15) is 0 Å². The van der Waals surface area contributed by atoms with E-state index in [1.165, 1.54) is 0 Å². The normalized spacial score (nSPS) is 27.5. The number of hydrogen-bond acceptors (Lipinski definition) is 7. The monoisotopic (exact) mass is 465 g/mol. The van der Waals surface area contributed by atoms with E-state index >= 15 is 0 Å². The van der Waals surface area contributed by atoms with Crippen LogP contribution >= 0.6 is 0 Å². The Hall–Kier alpha value is -0.0900. The van der Waals surface area contributed by atoms with E-state index in [9.17, 15) is 8.76 Å². The summed E-state index contributed by atoms with van der Waals surface area (Å²) >= 11 is -2.25. The lowest BCUT2D eigenvalue weighted by molar-refractivity contribution is -0.261. The van der Waals surface area contributed by atoms with Crippen LogP contribution in [0.25, 0.3) is 0 Å². The zero-order valence-electron chi connectivity index (χ0n) is 20.1. The van der Waals surface area contributed by atoms with E-state index in [0.717, 1.165) is 51.4 Å². The van der Waals surface area contributed by atoms with Crippen molar-refractivity contribution in [3.8, 4) is 0 Å². The highest BCUT2D eigenvalue weighted by Gasteiger charge is 2.48. The summed E-state index contributed by atoms with van der Waals surface area (Å²) in [5, 5.41) is 0. The fourth-order valence-electron chi connectivity index (χ4n) is 3.52. The Morgan fingerprint density at radius 3 is 1.65 bits per heavy atom. The second-order valence-electron chi connectivity index (χ2n) is 8.18. The molecule has 0 aromatic carbocycles. The third-order valence-electron chi connectivity index (χ3n) is 5.38. The topological polar surface area (TPSA) is 86.3 Å². The maximum Gasteiger partial charge on any atom is 0.115 e. The first-order valence-electron chi connectivity index (χ1n) is 12.2. The van der Waals surface area contributed by atoms with Gasteiger partial charge in [-0.3, -0.25) is 4.21 Å². The molecular formula is C23H45O7S-. The lowest BCUT2D eigenvalue weighted by Crippen LogP contribution is -2.62. The van der Waals surface area contributed by atoms with Gasteiger partial charge in [0, 0.05) is 32.2 Å². The molecule has 1 fully saturated rings. The summed E-state index contributed by atoms with van der Waals surface area (Å²) in [6, 6.07) is 0. The predicted molar refractivity (Wildman–Crippen MR) is 122 cm³/mol. The minimum atomic E-state index is -2.25. The third-order valence-corrected chi connectivity index (χ3v) is 5.98. The molecule has 0 saturated carbocycles. The molecule has 0 radical (unpaired) electrons. The molecule has 6 unspecified atom stereocenters. The van der Waals surface area contributed by atoms with Crippen LogP contribution in [0.4, 0.5) is 0 Å². The van der Waals surface area contributed by atoms with E-state index in [2.05, 4.69) is 27.7 Å². The van der Waals surface area contributed by atoms with Crippen molar-refractivity contribution in [1.29, 1.82) is 0 Å². The number of ether oxygens (including phenoxy) is 5. The van der Waals surface area contributed by atoms with Crippen LogP contribution in [0.5, 0.6) is 0 Å². The molecule has 1 rings (SSSR count). The Kier molecular flexibility index (Phi) is 17.1. The van der Waals surface area contributed by atoms with Crippen molar-refractivity contribution in [2.75, 3.05) is 38.8 Å². The van der Waals surface area contributed by atoms with Crippen LogP contribution in [-0.4, -0.2) is 78.1 Å². The van der Waals surface area contributed by atoms with E-state index in [1.807, 2.05) is 0 Å². The quantitative estimate of drug-likeness (QED) is 0.210. The van der Waals surface area contributed by atoms with E-state index < -0.39 is 23.3 Å². The van der Waals surface area contributed by atoms with Gasteiger partial charge in [-0.05, 0) is 25.7 Å². The Bertz CT molecular complexity index is 452. The number of unbranched alkanes of at least 4 members (excludes halogenated alkanes) is 4. The molecule has 0 spiro atoms. The molecular weight excluding hydrogens is 420 g/mol. The molecule has 31 heavy (non-hydrogen) atoms. The first-order chi connectivity index (χ1) is 15.1. The number of hydrogen-bond donors (Lipinski definition) is 0. The third kappa shape index (κ3) is 11.6. The first-order valence-corrected chi connectivity index (χ1v) is 13.5. The van der Waals surface area contributed by atoms with Crippen molar-refractivity contribution in [2.45, 2.75) is 110 Å². The maximum atomic E-state index is 11.6. The summed E-state index contributed by atoms with van der Waals surface area (Å²) in [5.41, 5.74) is 0. The average molecular weight is 466 g/mol. The van der Waals surface area contributed by atoms with Crippen LogP contribution in [-0.2, 0) is 34.8 Å². The Labute approximate surface area is 192 Å². The molecule has 1 aliphatic rings. The van der Waals surface area contributed by atoms with Gasteiger partial charge in [0.1, 0.15) is 24.4 Å². The lowest BCUT2D eigenvalue weighted by Gasteiger charge is -2.46. The van der Waals surface area contributed by atoms with Crippen LogP contribution in [0.3, 0.4) is 0 Å². The van der Waals surface area contributed by atoms with Gasteiger partial charge in [-0.1, -0.05) is 64.5 Å². The maximum absolute atomic E-state index is 11.6. The van der Waals surface area contributed by atoms with Gasteiger partial charge >= 0.3 is 0 Å². The van der Waals surface area contributed by atoms with Gasteiger partial charge in [-0.15, -0.1) is 0 Å². The average Bonchev–Trinajstić information content (AvgIpc) is 2.74. The van der Waals surface area contributed by atoms with E-state index in [0.29, 0.717) is 33.0 Å². The molecule has 1 aliphatic heterocycles. The summed E-state index contributed by atoms with van der Waals surface area (Å²) in [4.78, 5) is 0. The van der Waals surface area contributed by atoms with Gasteiger partial charge in [0.15, 0.2) is 0 Å². The fourth-order valence-corrected chi connectivity index (χ4v) is 4.06. The molecule has 7 nitrogen and oxygen atoms in total.